The van der Waals surface area contributed by atoms with Crippen molar-refractivity contribution in [3.05, 3.63) is 52.0 Å². The van der Waals surface area contributed by atoms with Crippen LogP contribution in [0.3, 0.4) is 0 Å². The molecule has 0 aromatic heterocycles. The van der Waals surface area contributed by atoms with Gasteiger partial charge in [0.15, 0.2) is 11.5 Å². The molecule has 0 saturated heterocycles. The van der Waals surface area contributed by atoms with Crippen molar-refractivity contribution in [2.75, 3.05) is 14.2 Å². The third-order valence-electron chi connectivity index (χ3n) is 4.34. The number of hydrogen-bond acceptors (Lipinski definition) is 7. The van der Waals surface area contributed by atoms with Crippen LogP contribution in [0.25, 0.3) is 0 Å². The average Bonchev–Trinajstić information content (AvgIpc) is 2.78. The first-order chi connectivity index (χ1) is 14.8. The lowest BCUT2D eigenvalue weighted by atomic mass is 10.1. The van der Waals surface area contributed by atoms with Crippen molar-refractivity contribution in [2.45, 2.75) is 25.9 Å². The molecule has 0 spiro atoms. The van der Waals surface area contributed by atoms with E-state index in [0.717, 1.165) is 0 Å². The zero-order valence-corrected chi connectivity index (χ0v) is 18.1. The van der Waals surface area contributed by atoms with Gasteiger partial charge in [0, 0.05) is 12.0 Å². The lowest BCUT2D eigenvalue weighted by Crippen LogP contribution is -2.30. The fraction of sp³-hybridized carbons (Fsp3) is 0.273. The molecule has 2 rings (SSSR count). The number of phenols is 1. The number of aromatic hydroxyl groups is 1. The van der Waals surface area contributed by atoms with E-state index in [-0.39, 0.29) is 28.3 Å². The first-order valence-corrected chi connectivity index (χ1v) is 9.67. The summed E-state index contributed by atoms with van der Waals surface area (Å²) in [7, 11) is 2.91. The molecule has 31 heavy (non-hydrogen) atoms. The molecule has 0 fully saturated rings. The third kappa shape index (κ3) is 6.04. The predicted molar refractivity (Wildman–Crippen MR) is 115 cm³/mol. The van der Waals surface area contributed by atoms with Gasteiger partial charge in [-0.05, 0) is 36.8 Å². The normalized spacial score (nSPS) is 11.0. The Morgan fingerprint density at radius 3 is 2.52 bits per heavy atom. The number of esters is 1. The van der Waals surface area contributed by atoms with E-state index >= 15 is 0 Å². The maximum absolute atomic E-state index is 12.3. The van der Waals surface area contributed by atoms with Crippen LogP contribution in [0.2, 0.25) is 5.02 Å². The highest BCUT2D eigenvalue weighted by molar-refractivity contribution is 6.32. The second-order valence-electron chi connectivity index (χ2n) is 6.34. The minimum Gasteiger partial charge on any atom is -0.506 e. The standard InChI is InChI=1S/C22H23ClN2O6/c1-4-16(31-22(28)14-8-9-18(26)17(23)11-14)7-5-6-13-10-15(21(27)25-24)12-19(29-2)20(13)30-3/h8-12,16,26H,4,7,24H2,1-3H3,(H,25,27). The van der Waals surface area contributed by atoms with Crippen molar-refractivity contribution in [3.63, 3.8) is 0 Å². The molecule has 1 unspecified atom stereocenters. The second kappa shape index (κ2) is 11.1. The number of phenolic OH excluding ortho intramolecular Hbond substituents is 1. The summed E-state index contributed by atoms with van der Waals surface area (Å²) in [6.45, 7) is 1.86. The molecule has 0 radical (unpaired) electrons. The largest absolute Gasteiger partial charge is 0.506 e. The van der Waals surface area contributed by atoms with Crippen LogP contribution in [-0.2, 0) is 4.74 Å². The fourth-order valence-corrected chi connectivity index (χ4v) is 2.83. The molecular weight excluding hydrogens is 424 g/mol. The number of benzene rings is 2. The molecule has 0 heterocycles. The van der Waals surface area contributed by atoms with E-state index in [2.05, 4.69) is 17.3 Å². The van der Waals surface area contributed by atoms with Gasteiger partial charge in [0.05, 0.1) is 30.4 Å². The molecule has 0 aliphatic heterocycles. The number of carbonyl (C=O) groups excluding carboxylic acids is 2. The number of nitrogens with one attached hydrogen (secondary N) is 1. The van der Waals surface area contributed by atoms with Gasteiger partial charge in [-0.25, -0.2) is 10.6 Å². The van der Waals surface area contributed by atoms with Crippen LogP contribution in [0, 0.1) is 11.8 Å². The van der Waals surface area contributed by atoms with Crippen LogP contribution in [0.15, 0.2) is 30.3 Å². The van der Waals surface area contributed by atoms with Gasteiger partial charge in [-0.1, -0.05) is 30.4 Å². The zero-order chi connectivity index (χ0) is 23.0. The summed E-state index contributed by atoms with van der Waals surface area (Å²) in [6.07, 6.45) is 0.297. The van der Waals surface area contributed by atoms with Gasteiger partial charge >= 0.3 is 5.97 Å². The van der Waals surface area contributed by atoms with Gasteiger partial charge in [0.1, 0.15) is 11.9 Å². The van der Waals surface area contributed by atoms with E-state index in [0.29, 0.717) is 23.5 Å². The molecule has 4 N–H and O–H groups in total. The Hall–Kier alpha value is -3.41. The molecule has 164 valence electrons. The van der Waals surface area contributed by atoms with E-state index < -0.39 is 18.0 Å². The van der Waals surface area contributed by atoms with Crippen molar-refractivity contribution in [2.24, 2.45) is 5.84 Å². The van der Waals surface area contributed by atoms with Crippen LogP contribution in [0.4, 0.5) is 0 Å². The quantitative estimate of drug-likeness (QED) is 0.196. The minimum atomic E-state index is -0.573. The van der Waals surface area contributed by atoms with E-state index in [9.17, 15) is 14.7 Å². The van der Waals surface area contributed by atoms with Crippen LogP contribution in [-0.4, -0.2) is 37.3 Å². The van der Waals surface area contributed by atoms with Gasteiger partial charge in [-0.15, -0.1) is 0 Å². The number of nitrogens with two attached hydrogens (primary N) is 1. The number of halogens is 1. The summed E-state index contributed by atoms with van der Waals surface area (Å²) < 4.78 is 16.1. The van der Waals surface area contributed by atoms with Gasteiger partial charge < -0.3 is 19.3 Å². The summed E-state index contributed by atoms with van der Waals surface area (Å²) in [4.78, 5) is 24.2. The van der Waals surface area contributed by atoms with Crippen molar-refractivity contribution < 1.29 is 28.9 Å². The van der Waals surface area contributed by atoms with Crippen LogP contribution < -0.4 is 20.7 Å². The summed E-state index contributed by atoms with van der Waals surface area (Å²) in [5, 5.41) is 9.53. The molecule has 1 atom stereocenters. The van der Waals surface area contributed by atoms with Crippen LogP contribution in [0.5, 0.6) is 17.2 Å². The Labute approximate surface area is 185 Å². The Morgan fingerprint density at radius 2 is 1.94 bits per heavy atom. The number of nitrogen functional groups attached to an aromatic ring is 1. The van der Waals surface area contributed by atoms with E-state index in [1.54, 1.807) is 0 Å². The highest BCUT2D eigenvalue weighted by Crippen LogP contribution is 2.32. The monoisotopic (exact) mass is 446 g/mol. The number of ether oxygens (including phenoxy) is 3. The SMILES string of the molecule is CCC(CC#Cc1cc(C(=O)NN)cc(OC)c1OC)OC(=O)c1ccc(O)c(Cl)c1. The Balaban J connectivity index is 2.21. The number of carbonyl (C=O) groups is 2. The average molecular weight is 447 g/mol. The van der Waals surface area contributed by atoms with Gasteiger partial charge in [-0.3, -0.25) is 10.2 Å². The third-order valence-corrected chi connectivity index (χ3v) is 4.64. The Bertz CT molecular complexity index is 1030. The highest BCUT2D eigenvalue weighted by atomic mass is 35.5. The van der Waals surface area contributed by atoms with E-state index in [1.165, 1.54) is 44.6 Å². The van der Waals surface area contributed by atoms with Gasteiger partial charge in [-0.2, -0.15) is 0 Å². The van der Waals surface area contributed by atoms with Crippen molar-refractivity contribution in [3.8, 4) is 29.1 Å². The summed E-state index contributed by atoms with van der Waals surface area (Å²) in [5.41, 5.74) is 2.96. The predicted octanol–water partition coefficient (Wildman–Crippen LogP) is 3.04. The molecule has 8 nitrogen and oxygen atoms in total. The van der Waals surface area contributed by atoms with Crippen molar-refractivity contribution in [1.82, 2.24) is 5.43 Å². The molecular formula is C22H23ClN2O6. The van der Waals surface area contributed by atoms with Gasteiger partial charge in [0.25, 0.3) is 5.91 Å². The smallest absolute Gasteiger partial charge is 0.338 e. The first-order valence-electron chi connectivity index (χ1n) is 9.29. The second-order valence-corrected chi connectivity index (χ2v) is 6.75. The van der Waals surface area contributed by atoms with E-state index in [1.807, 2.05) is 6.92 Å². The molecule has 0 aliphatic carbocycles. The topological polar surface area (TPSA) is 120 Å². The first kappa shape index (κ1) is 23.9. The summed E-state index contributed by atoms with van der Waals surface area (Å²) in [5.74, 6) is 10.6. The van der Waals surface area contributed by atoms with Crippen molar-refractivity contribution in [1.29, 1.82) is 0 Å². The van der Waals surface area contributed by atoms with Crippen LogP contribution >= 0.6 is 11.6 Å². The maximum atomic E-state index is 12.3. The maximum Gasteiger partial charge on any atom is 0.338 e. The summed E-state index contributed by atoms with van der Waals surface area (Å²) in [6, 6.07) is 7.10. The number of rotatable bonds is 7. The van der Waals surface area contributed by atoms with Crippen molar-refractivity contribution >= 4 is 23.5 Å². The molecule has 2 aromatic rings. The number of amides is 1. The van der Waals surface area contributed by atoms with Gasteiger partial charge in [0.2, 0.25) is 0 Å². The fourth-order valence-electron chi connectivity index (χ4n) is 2.65. The lowest BCUT2D eigenvalue weighted by molar-refractivity contribution is 0.0304. The Kier molecular flexibility index (Phi) is 8.55. The molecule has 2 aromatic carbocycles. The molecule has 0 bridgehead atoms. The number of methoxy groups -OCH3 is 2. The Morgan fingerprint density at radius 1 is 1.19 bits per heavy atom. The number of hydrazine groups is 1. The molecule has 9 heteroatoms. The number of hydrogen-bond donors (Lipinski definition) is 3. The minimum absolute atomic E-state index is 0.0599. The van der Waals surface area contributed by atoms with E-state index in [4.69, 9.17) is 31.7 Å². The molecule has 1 amide bonds. The summed E-state index contributed by atoms with van der Waals surface area (Å²) >= 11 is 5.84. The lowest BCUT2D eigenvalue weighted by Gasteiger charge is -2.14. The zero-order valence-electron chi connectivity index (χ0n) is 17.3. The highest BCUT2D eigenvalue weighted by Gasteiger charge is 2.17. The molecule has 0 saturated carbocycles. The molecule has 0 aliphatic rings. The van der Waals surface area contributed by atoms with Crippen LogP contribution in [0.1, 0.15) is 46.0 Å².